The van der Waals surface area contributed by atoms with Gasteiger partial charge in [-0.2, -0.15) is 10.2 Å². The van der Waals surface area contributed by atoms with E-state index in [0.717, 1.165) is 63.6 Å². The van der Waals surface area contributed by atoms with Gasteiger partial charge in [-0.3, -0.25) is 0 Å². The quantitative estimate of drug-likeness (QED) is 0.428. The predicted molar refractivity (Wildman–Crippen MR) is 128 cm³/mol. The molecule has 5 rings (SSSR count). The van der Waals surface area contributed by atoms with Crippen LogP contribution in [0.5, 0.6) is 0 Å². The van der Waals surface area contributed by atoms with Gasteiger partial charge in [0.15, 0.2) is 5.66 Å². The molecule has 1 saturated heterocycles. The molecule has 0 spiro atoms. The third kappa shape index (κ3) is 5.40. The van der Waals surface area contributed by atoms with Crippen LogP contribution >= 0.6 is 0 Å². The molecule has 8 nitrogen and oxygen atoms in total. The predicted octanol–water partition coefficient (Wildman–Crippen LogP) is 2.38. The van der Waals surface area contributed by atoms with E-state index in [1.807, 2.05) is 0 Å². The molecule has 2 aliphatic heterocycles. The first-order valence-electron chi connectivity index (χ1n) is 11.5. The number of hydrogen-bond acceptors (Lipinski definition) is 6. The Hall–Kier alpha value is -0.804. The molecule has 33 heavy (non-hydrogen) atoms. The van der Waals surface area contributed by atoms with Crippen molar-refractivity contribution in [2.24, 2.45) is 10.2 Å². The molecule has 0 unspecified atom stereocenters. The van der Waals surface area contributed by atoms with Crippen molar-refractivity contribution in [3.05, 3.63) is 28.3 Å². The Morgan fingerprint density at radius 1 is 1.12 bits per heavy atom. The Labute approximate surface area is 238 Å². The third-order valence-electron chi connectivity index (χ3n) is 7.19. The summed E-state index contributed by atoms with van der Waals surface area (Å²) in [6.07, 6.45) is 13.5. The number of sulfonamides is 1. The van der Waals surface area contributed by atoms with E-state index in [1.165, 1.54) is 22.3 Å². The number of terminal acetylenes is 1. The number of carbonyl (C=O) groups is 1. The monoisotopic (exact) mass is 494 g/mol. The van der Waals surface area contributed by atoms with Gasteiger partial charge < -0.3 is 10.2 Å². The van der Waals surface area contributed by atoms with Gasteiger partial charge in [-0.25, -0.2) is 17.9 Å². The molecule has 2 aliphatic carbocycles. The number of hydrogen-bond donors (Lipinski definition) is 2. The number of benzene rings is 1. The number of amides is 2. The van der Waals surface area contributed by atoms with Gasteiger partial charge >= 0.3 is 6.03 Å². The maximum atomic E-state index is 12.7. The molecule has 2 heterocycles. The van der Waals surface area contributed by atoms with E-state index in [2.05, 4.69) is 37.2 Å². The van der Waals surface area contributed by atoms with Crippen LogP contribution in [-0.2, 0) is 35.7 Å². The molecule has 1 fully saturated rings. The second-order valence-corrected chi connectivity index (χ2v) is 11.3. The molecule has 0 bridgehead atoms. The van der Waals surface area contributed by atoms with Crippen LogP contribution in [0.4, 0.5) is 10.5 Å². The summed E-state index contributed by atoms with van der Waals surface area (Å²) in [6, 6.07) is 1.63. The van der Waals surface area contributed by atoms with Crippen LogP contribution in [0.3, 0.4) is 0 Å². The number of fused-ring (bicyclic) bond motifs is 2. The molecule has 2 N–H and O–H groups in total. The van der Waals surface area contributed by atoms with Gasteiger partial charge in [-0.15, -0.1) is 12.3 Å². The Kier molecular flexibility index (Phi) is 7.70. The van der Waals surface area contributed by atoms with E-state index >= 15 is 0 Å². The SMILES string of the molecule is C#CCCC1(CCN2CC(S(=O)(=O)NC(=O)Nc3c4c(cc5c3CCC5)CCC4)C2)N=N1.[K]. The summed E-state index contributed by atoms with van der Waals surface area (Å²) in [6.45, 7) is 1.53. The molecular weight excluding hydrogens is 465 g/mol. The van der Waals surface area contributed by atoms with Gasteiger partial charge in [0.2, 0.25) is 10.0 Å². The largest absolute Gasteiger partial charge is 0.332 e. The maximum absolute atomic E-state index is 12.7. The minimum atomic E-state index is -3.73. The van der Waals surface area contributed by atoms with Crippen molar-refractivity contribution in [3.8, 4) is 12.3 Å². The van der Waals surface area contributed by atoms with E-state index in [4.69, 9.17) is 6.42 Å². The number of likely N-dealkylation sites (tertiary alicyclic amines) is 1. The smallest absolute Gasteiger partial charge is 0.307 e. The normalized spacial score (nSPS) is 20.2. The van der Waals surface area contributed by atoms with Crippen LogP contribution < -0.4 is 10.0 Å². The third-order valence-corrected chi connectivity index (χ3v) is 8.84. The fourth-order valence-corrected chi connectivity index (χ4v) is 6.52. The first-order chi connectivity index (χ1) is 15.4. The van der Waals surface area contributed by atoms with Crippen molar-refractivity contribution in [1.29, 1.82) is 0 Å². The molecule has 0 atom stereocenters. The number of aryl methyl sites for hydroxylation is 2. The molecule has 4 aliphatic rings. The molecular formula is C23H29KN5O3S. The zero-order chi connectivity index (χ0) is 22.3. The van der Waals surface area contributed by atoms with Gasteiger partial charge in [-0.1, -0.05) is 6.07 Å². The van der Waals surface area contributed by atoms with E-state index in [0.29, 0.717) is 19.5 Å². The summed E-state index contributed by atoms with van der Waals surface area (Å²) in [5.41, 5.74) is 5.46. The van der Waals surface area contributed by atoms with Crippen molar-refractivity contribution in [3.63, 3.8) is 0 Å². The molecule has 1 radical (unpaired) electrons. The maximum Gasteiger partial charge on any atom is 0.332 e. The van der Waals surface area contributed by atoms with Crippen LogP contribution in [0.2, 0.25) is 0 Å². The number of rotatable bonds is 8. The van der Waals surface area contributed by atoms with Crippen molar-refractivity contribution in [2.45, 2.75) is 68.7 Å². The topological polar surface area (TPSA) is 103 Å². The molecule has 1 aromatic rings. The second-order valence-electron chi connectivity index (χ2n) is 9.35. The van der Waals surface area contributed by atoms with Crippen LogP contribution in [0, 0.1) is 12.3 Å². The van der Waals surface area contributed by atoms with Crippen LogP contribution in [0.25, 0.3) is 0 Å². The van der Waals surface area contributed by atoms with Crippen molar-refractivity contribution < 1.29 is 13.2 Å². The summed E-state index contributed by atoms with van der Waals surface area (Å²) >= 11 is 0. The Morgan fingerprint density at radius 2 is 1.76 bits per heavy atom. The van der Waals surface area contributed by atoms with Crippen LogP contribution in [0.1, 0.15) is 54.4 Å². The average Bonchev–Trinajstić information content (AvgIpc) is 3.10. The molecule has 10 heteroatoms. The molecule has 171 valence electrons. The Morgan fingerprint density at radius 3 is 2.33 bits per heavy atom. The Balaban J connectivity index is 0.00000259. The van der Waals surface area contributed by atoms with Crippen LogP contribution in [-0.4, -0.2) is 101 Å². The standard InChI is InChI=1S/C23H29N5O3S.K/c1-2-3-10-23(26-27-23)11-12-28-14-18(15-28)32(30,31)25-22(29)24-21-19-8-4-6-16(19)13-17-7-5-9-20(17)21;/h1,13,18H,3-12,14-15H2,(H2,24,25,29);. The molecule has 2 amide bonds. The molecule has 0 saturated carbocycles. The van der Waals surface area contributed by atoms with Gasteiger partial charge in [0.1, 0.15) is 5.25 Å². The molecule has 0 aromatic heterocycles. The van der Waals surface area contributed by atoms with Crippen molar-refractivity contribution in [1.82, 2.24) is 9.62 Å². The summed E-state index contributed by atoms with van der Waals surface area (Å²) in [5, 5.41) is 10.5. The fraction of sp³-hybridized carbons (Fsp3) is 0.609. The Bertz CT molecular complexity index is 1080. The second kappa shape index (κ2) is 10.1. The number of urea groups is 1. The van der Waals surface area contributed by atoms with Crippen molar-refractivity contribution >= 4 is 73.1 Å². The zero-order valence-corrected chi connectivity index (χ0v) is 23.1. The summed E-state index contributed by atoms with van der Waals surface area (Å²) in [7, 11) is -3.73. The van der Waals surface area contributed by atoms with Gasteiger partial charge in [0.05, 0.1) is 0 Å². The average molecular weight is 495 g/mol. The van der Waals surface area contributed by atoms with E-state index in [9.17, 15) is 13.2 Å². The van der Waals surface area contributed by atoms with Gasteiger partial charge in [0, 0.05) is 96.0 Å². The van der Waals surface area contributed by atoms with Crippen molar-refractivity contribution in [2.75, 3.05) is 25.0 Å². The summed E-state index contributed by atoms with van der Waals surface area (Å²) in [5.74, 6) is 2.61. The number of anilines is 1. The van der Waals surface area contributed by atoms with Gasteiger partial charge in [-0.05, 0) is 60.8 Å². The van der Waals surface area contributed by atoms with E-state index < -0.39 is 21.3 Å². The summed E-state index contributed by atoms with van der Waals surface area (Å²) < 4.78 is 27.7. The number of carbonyl (C=O) groups excluding carboxylic acids is 1. The van der Waals surface area contributed by atoms with E-state index in [1.54, 1.807) is 0 Å². The first kappa shape index (κ1) is 25.3. The van der Waals surface area contributed by atoms with E-state index in [-0.39, 0.29) is 57.0 Å². The fourth-order valence-electron chi connectivity index (χ4n) is 5.23. The zero-order valence-electron chi connectivity index (χ0n) is 19.2. The van der Waals surface area contributed by atoms with Crippen LogP contribution in [0.15, 0.2) is 16.3 Å². The minimum absolute atomic E-state index is 0. The van der Waals surface area contributed by atoms with Gasteiger partial charge in [0.25, 0.3) is 0 Å². The minimum Gasteiger partial charge on any atom is -0.307 e. The molecule has 1 aromatic carbocycles. The summed E-state index contributed by atoms with van der Waals surface area (Å²) in [4.78, 5) is 14.7. The first-order valence-corrected chi connectivity index (χ1v) is 13.0. The number of nitrogens with one attached hydrogen (secondary N) is 2. The number of nitrogens with zero attached hydrogens (tertiary/aromatic N) is 3.